The third kappa shape index (κ3) is 6.48. The van der Waals surface area contributed by atoms with Gasteiger partial charge in [0.15, 0.2) is 0 Å². The summed E-state index contributed by atoms with van der Waals surface area (Å²) >= 11 is 0. The van der Waals surface area contributed by atoms with Gasteiger partial charge in [-0.25, -0.2) is 9.78 Å². The molecule has 5 rings (SSSR count). The van der Waals surface area contributed by atoms with Crippen LogP contribution in [0.4, 0.5) is 11.4 Å². The van der Waals surface area contributed by atoms with Gasteiger partial charge in [-0.3, -0.25) is 0 Å². The lowest BCUT2D eigenvalue weighted by atomic mass is 10.1. The average Bonchev–Trinajstić information content (AvgIpc) is 3.49. The number of nitrogens with zero attached hydrogens (tertiary/aromatic N) is 3. The number of carbonyl (C=O) groups is 1. The van der Waals surface area contributed by atoms with Crippen molar-refractivity contribution < 1.29 is 9.90 Å². The number of nitriles is 1. The van der Waals surface area contributed by atoms with E-state index in [-0.39, 0.29) is 5.57 Å². The molecule has 2 N–H and O–H groups in total. The lowest BCUT2D eigenvalue weighted by Gasteiger charge is -2.25. The summed E-state index contributed by atoms with van der Waals surface area (Å²) < 4.78 is 0. The molecule has 1 aromatic heterocycles. The van der Waals surface area contributed by atoms with E-state index in [4.69, 9.17) is 10.2 Å². The molecule has 0 aliphatic heterocycles. The summed E-state index contributed by atoms with van der Waals surface area (Å²) in [6.45, 7) is 3.03. The van der Waals surface area contributed by atoms with E-state index in [0.29, 0.717) is 5.56 Å². The Hall–Kier alpha value is -5.41. The lowest BCUT2D eigenvalue weighted by Crippen LogP contribution is -2.18. The van der Waals surface area contributed by atoms with Crippen LogP contribution in [0.2, 0.25) is 0 Å². The number of benzene rings is 4. The molecule has 5 aromatic rings. The average molecular weight is 553 g/mol. The van der Waals surface area contributed by atoms with Crippen molar-refractivity contribution in [3.8, 4) is 40.0 Å². The van der Waals surface area contributed by atoms with Crippen LogP contribution >= 0.6 is 0 Å². The Morgan fingerprint density at radius 3 is 2.00 bits per heavy atom. The predicted molar refractivity (Wildman–Crippen MR) is 169 cm³/mol. The number of aromatic nitrogens is 2. The molecule has 0 radical (unpaired) electrons. The normalized spacial score (nSPS) is 11.2. The highest BCUT2D eigenvalue weighted by molar-refractivity contribution is 5.96. The highest BCUT2D eigenvalue weighted by atomic mass is 16.4. The van der Waals surface area contributed by atoms with Crippen molar-refractivity contribution in [2.24, 2.45) is 0 Å². The summed E-state index contributed by atoms with van der Waals surface area (Å²) in [4.78, 5) is 22.1. The number of H-pyrrole nitrogens is 1. The molecule has 4 aromatic carbocycles. The summed E-state index contributed by atoms with van der Waals surface area (Å²) in [5.74, 6) is -0.425. The van der Waals surface area contributed by atoms with Gasteiger partial charge in [-0.1, -0.05) is 92.6 Å². The van der Waals surface area contributed by atoms with Crippen molar-refractivity contribution in [1.82, 2.24) is 9.97 Å². The van der Waals surface area contributed by atoms with Gasteiger partial charge >= 0.3 is 5.97 Å². The molecule has 6 heteroatoms. The molecular formula is C36H32N4O2. The number of carboxylic acid groups (broad SMARTS) is 1. The van der Waals surface area contributed by atoms with E-state index in [1.165, 1.54) is 6.08 Å². The maximum Gasteiger partial charge on any atom is 0.346 e. The minimum absolute atomic E-state index is 0.290. The van der Waals surface area contributed by atoms with Gasteiger partial charge in [-0.05, 0) is 54.5 Å². The van der Waals surface area contributed by atoms with Crippen molar-refractivity contribution >= 4 is 23.4 Å². The number of aliphatic carboxylic acids is 1. The summed E-state index contributed by atoms with van der Waals surface area (Å²) in [6, 6.07) is 38.2. The van der Waals surface area contributed by atoms with Crippen LogP contribution in [-0.4, -0.2) is 27.6 Å². The first-order valence-electron chi connectivity index (χ1n) is 14.1. The van der Waals surface area contributed by atoms with Gasteiger partial charge < -0.3 is 15.0 Å². The standard InChI is InChI=1S/C36H32N4O2/c1-2-3-10-23-40(31-19-15-26(16-20-31)24-30(25-37)36(41)42)32-21-17-29(18-22-32)35-38-33(27-11-6-4-7-12-27)34(39-35)28-13-8-5-9-14-28/h4-9,11-22,24H,2-3,10,23H2,1H3,(H,38,39)(H,41,42)/b30-24-. The number of nitrogens with one attached hydrogen (secondary N) is 1. The first kappa shape index (κ1) is 28.1. The molecular weight excluding hydrogens is 520 g/mol. The molecule has 0 atom stereocenters. The minimum Gasteiger partial charge on any atom is -0.477 e. The molecule has 208 valence electrons. The molecule has 0 aliphatic rings. The molecule has 0 unspecified atom stereocenters. The van der Waals surface area contributed by atoms with Gasteiger partial charge in [0.05, 0.1) is 11.4 Å². The molecule has 0 amide bonds. The zero-order chi connectivity index (χ0) is 29.3. The third-order valence-corrected chi connectivity index (χ3v) is 7.12. The van der Waals surface area contributed by atoms with E-state index in [2.05, 4.69) is 65.3 Å². The van der Waals surface area contributed by atoms with Gasteiger partial charge in [0.1, 0.15) is 17.5 Å². The number of imidazole rings is 1. The maximum absolute atomic E-state index is 11.2. The third-order valence-electron chi connectivity index (χ3n) is 7.12. The summed E-state index contributed by atoms with van der Waals surface area (Å²) in [7, 11) is 0. The fraction of sp³-hybridized carbons (Fsp3) is 0.139. The summed E-state index contributed by atoms with van der Waals surface area (Å²) in [6.07, 6.45) is 4.67. The summed E-state index contributed by atoms with van der Waals surface area (Å²) in [5.41, 5.74) is 7.46. The van der Waals surface area contributed by atoms with E-state index in [9.17, 15) is 9.90 Å². The van der Waals surface area contributed by atoms with Crippen LogP contribution in [0.1, 0.15) is 31.7 Å². The molecule has 1 heterocycles. The second-order valence-electron chi connectivity index (χ2n) is 10.0. The monoisotopic (exact) mass is 552 g/mol. The Balaban J connectivity index is 1.46. The first-order valence-corrected chi connectivity index (χ1v) is 14.1. The van der Waals surface area contributed by atoms with Gasteiger partial charge in [0, 0.05) is 34.6 Å². The quantitative estimate of drug-likeness (QED) is 0.0971. The minimum atomic E-state index is -1.23. The Kier molecular flexibility index (Phi) is 8.91. The molecule has 0 bridgehead atoms. The highest BCUT2D eigenvalue weighted by Gasteiger charge is 2.16. The Morgan fingerprint density at radius 2 is 1.43 bits per heavy atom. The molecule has 0 spiro atoms. The van der Waals surface area contributed by atoms with Crippen LogP contribution in [0.3, 0.4) is 0 Å². The van der Waals surface area contributed by atoms with Crippen molar-refractivity contribution in [2.45, 2.75) is 26.2 Å². The van der Waals surface area contributed by atoms with Crippen molar-refractivity contribution in [2.75, 3.05) is 11.4 Å². The Morgan fingerprint density at radius 1 is 0.833 bits per heavy atom. The topological polar surface area (TPSA) is 93.0 Å². The molecule has 6 nitrogen and oxygen atoms in total. The van der Waals surface area contributed by atoms with Crippen LogP contribution in [0, 0.1) is 11.3 Å². The number of unbranched alkanes of at least 4 members (excludes halogenated alkanes) is 2. The summed E-state index contributed by atoms with van der Waals surface area (Å²) in [5, 5.41) is 18.3. The van der Waals surface area contributed by atoms with E-state index >= 15 is 0 Å². The van der Waals surface area contributed by atoms with Crippen molar-refractivity contribution in [3.05, 3.63) is 120 Å². The van der Waals surface area contributed by atoms with Crippen LogP contribution < -0.4 is 4.90 Å². The zero-order valence-electron chi connectivity index (χ0n) is 23.5. The molecule has 0 fully saturated rings. The van der Waals surface area contributed by atoms with Gasteiger partial charge in [0.25, 0.3) is 0 Å². The second-order valence-corrected chi connectivity index (χ2v) is 10.0. The number of carboxylic acids is 1. The van der Waals surface area contributed by atoms with Crippen LogP contribution in [0.15, 0.2) is 115 Å². The predicted octanol–water partition coefficient (Wildman–Crippen LogP) is 8.73. The fourth-order valence-corrected chi connectivity index (χ4v) is 4.91. The van der Waals surface area contributed by atoms with Crippen LogP contribution in [-0.2, 0) is 4.79 Å². The fourth-order valence-electron chi connectivity index (χ4n) is 4.91. The highest BCUT2D eigenvalue weighted by Crippen LogP contribution is 2.34. The van der Waals surface area contributed by atoms with Gasteiger partial charge in [-0.15, -0.1) is 0 Å². The largest absolute Gasteiger partial charge is 0.477 e. The second kappa shape index (κ2) is 13.3. The van der Waals surface area contributed by atoms with Crippen molar-refractivity contribution in [1.29, 1.82) is 5.26 Å². The number of aromatic amines is 1. The first-order chi connectivity index (χ1) is 20.6. The molecule has 42 heavy (non-hydrogen) atoms. The van der Waals surface area contributed by atoms with Crippen LogP contribution in [0.25, 0.3) is 40.0 Å². The molecule has 0 saturated heterocycles. The van der Waals surface area contributed by atoms with E-state index in [1.54, 1.807) is 6.07 Å². The maximum atomic E-state index is 11.2. The van der Waals surface area contributed by atoms with Crippen LogP contribution in [0.5, 0.6) is 0 Å². The Labute approximate surface area is 246 Å². The number of hydrogen-bond acceptors (Lipinski definition) is 4. The van der Waals surface area contributed by atoms with E-state index in [1.807, 2.05) is 60.7 Å². The van der Waals surface area contributed by atoms with E-state index < -0.39 is 5.97 Å². The van der Waals surface area contributed by atoms with Gasteiger partial charge in [-0.2, -0.15) is 5.26 Å². The number of hydrogen-bond donors (Lipinski definition) is 2. The smallest absolute Gasteiger partial charge is 0.346 e. The van der Waals surface area contributed by atoms with Gasteiger partial charge in [0.2, 0.25) is 0 Å². The SMILES string of the molecule is CCCCCN(c1ccc(/C=C(/C#N)C(=O)O)cc1)c1ccc(-c2nc(-c3ccccc3)c(-c3ccccc3)[nH]2)cc1. The molecule has 0 saturated carbocycles. The molecule has 0 aliphatic carbocycles. The Bertz CT molecular complexity index is 1640. The zero-order valence-corrected chi connectivity index (χ0v) is 23.5. The lowest BCUT2D eigenvalue weighted by molar-refractivity contribution is -0.132. The van der Waals surface area contributed by atoms with Crippen molar-refractivity contribution in [3.63, 3.8) is 0 Å². The number of anilines is 2. The van der Waals surface area contributed by atoms with E-state index in [0.717, 1.165) is 71.1 Å². The number of rotatable bonds is 11.